The summed E-state index contributed by atoms with van der Waals surface area (Å²) < 4.78 is 4.51. The standard InChI is InChI=1S/C12H15NO3/c1-9(12(15)16-2)13-11(14)8-10-6-4-3-5-7-10/h3-7,9H,8H2,1-2H3,(H,13,14)/t9-/m1/s1. The fraction of sp³-hybridized carbons (Fsp3) is 0.333. The van der Waals surface area contributed by atoms with Gasteiger partial charge < -0.3 is 10.1 Å². The Kier molecular flexibility index (Phi) is 4.51. The van der Waals surface area contributed by atoms with Crippen molar-refractivity contribution in [3.05, 3.63) is 35.9 Å². The van der Waals surface area contributed by atoms with Gasteiger partial charge in [0.1, 0.15) is 6.04 Å². The van der Waals surface area contributed by atoms with E-state index in [0.717, 1.165) is 5.56 Å². The molecule has 0 heterocycles. The summed E-state index contributed by atoms with van der Waals surface area (Å²) in [7, 11) is 1.29. The summed E-state index contributed by atoms with van der Waals surface area (Å²) in [6.45, 7) is 1.59. The molecule has 4 nitrogen and oxygen atoms in total. The number of hydrogen-bond donors (Lipinski definition) is 1. The highest BCUT2D eigenvalue weighted by molar-refractivity contribution is 5.85. The molecule has 0 fully saturated rings. The topological polar surface area (TPSA) is 55.4 Å². The summed E-state index contributed by atoms with van der Waals surface area (Å²) in [6.07, 6.45) is 0.266. The number of rotatable bonds is 4. The molecule has 86 valence electrons. The highest BCUT2D eigenvalue weighted by Crippen LogP contribution is 1.99. The molecule has 1 amide bonds. The Labute approximate surface area is 94.6 Å². The fourth-order valence-corrected chi connectivity index (χ4v) is 1.31. The molecule has 0 saturated heterocycles. The van der Waals surface area contributed by atoms with Crippen LogP contribution in [-0.4, -0.2) is 25.0 Å². The van der Waals surface area contributed by atoms with Crippen LogP contribution in [0, 0.1) is 0 Å². The lowest BCUT2D eigenvalue weighted by atomic mass is 10.1. The fourth-order valence-electron chi connectivity index (χ4n) is 1.31. The molecule has 0 aliphatic rings. The lowest BCUT2D eigenvalue weighted by molar-refractivity contribution is -0.144. The number of amides is 1. The van der Waals surface area contributed by atoms with Crippen molar-refractivity contribution in [2.75, 3.05) is 7.11 Å². The van der Waals surface area contributed by atoms with E-state index < -0.39 is 12.0 Å². The van der Waals surface area contributed by atoms with Crippen LogP contribution in [0.2, 0.25) is 0 Å². The molecule has 1 atom stereocenters. The minimum absolute atomic E-state index is 0.191. The van der Waals surface area contributed by atoms with Gasteiger partial charge in [0, 0.05) is 0 Å². The zero-order chi connectivity index (χ0) is 12.0. The van der Waals surface area contributed by atoms with Gasteiger partial charge in [-0.05, 0) is 12.5 Å². The lowest BCUT2D eigenvalue weighted by Crippen LogP contribution is -2.39. The molecule has 0 spiro atoms. The normalized spacial score (nSPS) is 11.6. The van der Waals surface area contributed by atoms with E-state index >= 15 is 0 Å². The Morgan fingerprint density at radius 3 is 2.50 bits per heavy atom. The van der Waals surface area contributed by atoms with Crippen LogP contribution in [0.3, 0.4) is 0 Å². The van der Waals surface area contributed by atoms with Crippen molar-refractivity contribution in [2.45, 2.75) is 19.4 Å². The maximum atomic E-state index is 11.5. The molecule has 16 heavy (non-hydrogen) atoms. The Hall–Kier alpha value is -1.84. The SMILES string of the molecule is COC(=O)[C@@H](C)NC(=O)Cc1ccccc1. The van der Waals surface area contributed by atoms with E-state index in [2.05, 4.69) is 10.1 Å². The predicted octanol–water partition coefficient (Wildman–Crippen LogP) is 0.907. The Balaban J connectivity index is 2.45. The largest absolute Gasteiger partial charge is 0.467 e. The first-order valence-electron chi connectivity index (χ1n) is 5.04. The van der Waals surface area contributed by atoms with Crippen molar-refractivity contribution in [2.24, 2.45) is 0 Å². The number of methoxy groups -OCH3 is 1. The number of carbonyl (C=O) groups excluding carboxylic acids is 2. The minimum atomic E-state index is -0.610. The molecule has 0 aromatic heterocycles. The first-order valence-corrected chi connectivity index (χ1v) is 5.04. The molecule has 0 bridgehead atoms. The van der Waals surface area contributed by atoms with E-state index in [4.69, 9.17) is 0 Å². The van der Waals surface area contributed by atoms with Crippen molar-refractivity contribution in [3.63, 3.8) is 0 Å². The van der Waals surface area contributed by atoms with Gasteiger partial charge in [-0.25, -0.2) is 4.79 Å². The second kappa shape index (κ2) is 5.90. The van der Waals surface area contributed by atoms with Crippen LogP contribution >= 0.6 is 0 Å². The van der Waals surface area contributed by atoms with Crippen LogP contribution in [0.25, 0.3) is 0 Å². The van der Waals surface area contributed by atoms with Gasteiger partial charge in [-0.3, -0.25) is 4.79 Å². The summed E-state index contributed by atoms with van der Waals surface area (Å²) in [5.41, 5.74) is 0.914. The third-order valence-electron chi connectivity index (χ3n) is 2.14. The summed E-state index contributed by atoms with van der Waals surface area (Å²) >= 11 is 0. The number of hydrogen-bond acceptors (Lipinski definition) is 3. The average Bonchev–Trinajstić information content (AvgIpc) is 2.29. The third-order valence-corrected chi connectivity index (χ3v) is 2.14. The van der Waals surface area contributed by atoms with Gasteiger partial charge in [0.25, 0.3) is 0 Å². The van der Waals surface area contributed by atoms with Crippen LogP contribution in [-0.2, 0) is 20.7 Å². The van der Waals surface area contributed by atoms with Gasteiger partial charge in [0.15, 0.2) is 0 Å². The molecule has 1 aromatic carbocycles. The second-order valence-electron chi connectivity index (χ2n) is 3.47. The van der Waals surface area contributed by atoms with Gasteiger partial charge in [-0.2, -0.15) is 0 Å². The minimum Gasteiger partial charge on any atom is -0.467 e. The van der Waals surface area contributed by atoms with Gasteiger partial charge in [0.2, 0.25) is 5.91 Å². The van der Waals surface area contributed by atoms with Crippen molar-refractivity contribution in [3.8, 4) is 0 Å². The zero-order valence-electron chi connectivity index (χ0n) is 9.40. The smallest absolute Gasteiger partial charge is 0.328 e. The molecule has 0 aliphatic carbocycles. The number of nitrogens with one attached hydrogen (secondary N) is 1. The predicted molar refractivity (Wildman–Crippen MR) is 59.8 cm³/mol. The Bertz CT molecular complexity index is 362. The molecule has 0 radical (unpaired) electrons. The number of esters is 1. The molecule has 1 N–H and O–H groups in total. The maximum absolute atomic E-state index is 11.5. The Morgan fingerprint density at radius 2 is 1.94 bits per heavy atom. The second-order valence-corrected chi connectivity index (χ2v) is 3.47. The molecule has 4 heteroatoms. The summed E-state index contributed by atoms with van der Waals surface area (Å²) in [5, 5.41) is 2.57. The van der Waals surface area contributed by atoms with Crippen molar-refractivity contribution in [1.29, 1.82) is 0 Å². The van der Waals surface area contributed by atoms with E-state index in [1.54, 1.807) is 6.92 Å². The van der Waals surface area contributed by atoms with Crippen molar-refractivity contribution in [1.82, 2.24) is 5.32 Å². The summed E-state index contributed by atoms with van der Waals surface area (Å²) in [5.74, 6) is -0.634. The maximum Gasteiger partial charge on any atom is 0.328 e. The molecule has 1 aromatic rings. The number of benzene rings is 1. The third kappa shape index (κ3) is 3.73. The molecule has 1 rings (SSSR count). The van der Waals surface area contributed by atoms with Gasteiger partial charge in [0.05, 0.1) is 13.5 Å². The molecule has 0 aliphatic heterocycles. The van der Waals surface area contributed by atoms with Crippen LogP contribution in [0.1, 0.15) is 12.5 Å². The van der Waals surface area contributed by atoms with E-state index in [9.17, 15) is 9.59 Å². The van der Waals surface area contributed by atoms with Crippen LogP contribution in [0.5, 0.6) is 0 Å². The van der Waals surface area contributed by atoms with Crippen LogP contribution in [0.15, 0.2) is 30.3 Å². The molecule has 0 unspecified atom stereocenters. The first kappa shape index (κ1) is 12.2. The Morgan fingerprint density at radius 1 is 1.31 bits per heavy atom. The van der Waals surface area contributed by atoms with Crippen molar-refractivity contribution >= 4 is 11.9 Å². The van der Waals surface area contributed by atoms with E-state index in [1.807, 2.05) is 30.3 Å². The lowest BCUT2D eigenvalue weighted by Gasteiger charge is -2.11. The van der Waals surface area contributed by atoms with Crippen LogP contribution < -0.4 is 5.32 Å². The summed E-state index contributed by atoms with van der Waals surface area (Å²) in [6, 6.07) is 8.74. The van der Waals surface area contributed by atoms with Gasteiger partial charge in [-0.1, -0.05) is 30.3 Å². The average molecular weight is 221 g/mol. The van der Waals surface area contributed by atoms with E-state index in [0.29, 0.717) is 0 Å². The number of carbonyl (C=O) groups is 2. The number of ether oxygens (including phenoxy) is 1. The first-order chi connectivity index (χ1) is 7.63. The quantitative estimate of drug-likeness (QED) is 0.769. The van der Waals surface area contributed by atoms with E-state index in [-0.39, 0.29) is 12.3 Å². The van der Waals surface area contributed by atoms with Gasteiger partial charge >= 0.3 is 5.97 Å². The monoisotopic (exact) mass is 221 g/mol. The molecular weight excluding hydrogens is 206 g/mol. The molecular formula is C12H15NO3. The highest BCUT2D eigenvalue weighted by atomic mass is 16.5. The van der Waals surface area contributed by atoms with Crippen LogP contribution in [0.4, 0.5) is 0 Å². The van der Waals surface area contributed by atoms with Crippen molar-refractivity contribution < 1.29 is 14.3 Å². The zero-order valence-corrected chi connectivity index (χ0v) is 9.40. The summed E-state index contributed by atoms with van der Waals surface area (Å²) in [4.78, 5) is 22.6. The highest BCUT2D eigenvalue weighted by Gasteiger charge is 2.15. The molecule has 0 saturated carbocycles. The van der Waals surface area contributed by atoms with Gasteiger partial charge in [-0.15, -0.1) is 0 Å². The van der Waals surface area contributed by atoms with E-state index in [1.165, 1.54) is 7.11 Å².